The number of methoxy groups -OCH3 is 2. The van der Waals surface area contributed by atoms with Crippen molar-refractivity contribution in [1.29, 1.82) is 0 Å². The molecule has 0 saturated heterocycles. The molecule has 156 valence electrons. The third-order valence-electron chi connectivity index (χ3n) is 4.29. The highest BCUT2D eigenvalue weighted by atomic mass is 79.9. The third-order valence-corrected chi connectivity index (χ3v) is 4.99. The van der Waals surface area contributed by atoms with Gasteiger partial charge in [-0.3, -0.25) is 9.59 Å². The molecule has 0 saturated carbocycles. The normalized spacial score (nSPS) is 10.4. The maximum Gasteiger partial charge on any atom is 0.278 e. The van der Waals surface area contributed by atoms with Crippen LogP contribution in [0.25, 0.3) is 0 Å². The van der Waals surface area contributed by atoms with Crippen molar-refractivity contribution in [3.05, 3.63) is 58.3 Å². The van der Waals surface area contributed by atoms with Crippen LogP contribution in [0.3, 0.4) is 0 Å². The number of aromatic nitrogens is 3. The molecular formula is C20H20BrN5O4. The summed E-state index contributed by atoms with van der Waals surface area (Å²) in [5.41, 5.74) is 1.64. The Morgan fingerprint density at radius 1 is 1.07 bits per heavy atom. The van der Waals surface area contributed by atoms with E-state index in [4.69, 9.17) is 9.47 Å². The Morgan fingerprint density at radius 3 is 2.53 bits per heavy atom. The van der Waals surface area contributed by atoms with Crippen LogP contribution in [0, 0.1) is 6.92 Å². The zero-order chi connectivity index (χ0) is 21.7. The van der Waals surface area contributed by atoms with Gasteiger partial charge in [0.2, 0.25) is 5.91 Å². The number of hydrogen-bond acceptors (Lipinski definition) is 6. The number of carbonyl (C=O) groups excluding carboxylic acids is 2. The zero-order valence-electron chi connectivity index (χ0n) is 16.6. The van der Waals surface area contributed by atoms with Gasteiger partial charge < -0.3 is 20.1 Å². The van der Waals surface area contributed by atoms with Crippen LogP contribution < -0.4 is 20.1 Å². The van der Waals surface area contributed by atoms with E-state index in [1.54, 1.807) is 31.2 Å². The van der Waals surface area contributed by atoms with E-state index in [9.17, 15) is 9.59 Å². The van der Waals surface area contributed by atoms with Crippen molar-refractivity contribution < 1.29 is 19.1 Å². The average Bonchev–Trinajstić information content (AvgIpc) is 3.09. The molecular weight excluding hydrogens is 454 g/mol. The Labute approximate surface area is 181 Å². The molecule has 2 aromatic carbocycles. The van der Waals surface area contributed by atoms with Crippen molar-refractivity contribution in [1.82, 2.24) is 15.0 Å². The number of anilines is 2. The molecule has 1 aromatic heterocycles. The molecule has 0 unspecified atom stereocenters. The van der Waals surface area contributed by atoms with Crippen LogP contribution in [0.2, 0.25) is 0 Å². The molecule has 3 aromatic rings. The predicted octanol–water partition coefficient (Wildman–Crippen LogP) is 3.26. The van der Waals surface area contributed by atoms with Gasteiger partial charge in [-0.05, 0) is 47.1 Å². The van der Waals surface area contributed by atoms with Gasteiger partial charge in [0.15, 0.2) is 5.69 Å². The highest BCUT2D eigenvalue weighted by Crippen LogP contribution is 2.29. The summed E-state index contributed by atoms with van der Waals surface area (Å²) in [5, 5.41) is 13.4. The van der Waals surface area contributed by atoms with Crippen LogP contribution in [-0.2, 0) is 11.3 Å². The second-order valence-corrected chi connectivity index (χ2v) is 7.08. The molecule has 0 aliphatic heterocycles. The molecule has 0 bridgehead atoms. The molecule has 0 aliphatic rings. The van der Waals surface area contributed by atoms with Gasteiger partial charge in [-0.25, -0.2) is 4.68 Å². The monoisotopic (exact) mass is 473 g/mol. The number of nitrogens with zero attached hydrogens (tertiary/aromatic N) is 3. The van der Waals surface area contributed by atoms with Gasteiger partial charge in [0.25, 0.3) is 5.91 Å². The topological polar surface area (TPSA) is 107 Å². The lowest BCUT2D eigenvalue weighted by molar-refractivity contribution is -0.117. The minimum Gasteiger partial charge on any atom is -0.497 e. The molecule has 0 aliphatic carbocycles. The summed E-state index contributed by atoms with van der Waals surface area (Å²) in [4.78, 5) is 25.1. The van der Waals surface area contributed by atoms with Crippen LogP contribution in [-0.4, -0.2) is 41.0 Å². The largest absolute Gasteiger partial charge is 0.497 e. The highest BCUT2D eigenvalue weighted by Gasteiger charge is 2.20. The Hall–Kier alpha value is -3.40. The minimum atomic E-state index is -0.475. The first-order valence-corrected chi connectivity index (χ1v) is 9.70. The van der Waals surface area contributed by atoms with E-state index in [1.807, 2.05) is 18.2 Å². The molecule has 9 nitrogen and oxygen atoms in total. The lowest BCUT2D eigenvalue weighted by Gasteiger charge is -2.11. The summed E-state index contributed by atoms with van der Waals surface area (Å²) in [5.74, 6) is 0.269. The van der Waals surface area contributed by atoms with Crippen LogP contribution in [0.5, 0.6) is 11.5 Å². The molecule has 0 spiro atoms. The molecule has 1 heterocycles. The summed E-state index contributed by atoms with van der Waals surface area (Å²) >= 11 is 3.38. The van der Waals surface area contributed by atoms with Crippen molar-refractivity contribution in [3.63, 3.8) is 0 Å². The van der Waals surface area contributed by atoms with Gasteiger partial charge >= 0.3 is 0 Å². The van der Waals surface area contributed by atoms with Gasteiger partial charge in [-0.15, -0.1) is 5.10 Å². The average molecular weight is 474 g/mol. The van der Waals surface area contributed by atoms with Gasteiger partial charge in [-0.1, -0.05) is 17.3 Å². The summed E-state index contributed by atoms with van der Waals surface area (Å²) in [6.07, 6.45) is 0. The lowest BCUT2D eigenvalue weighted by Crippen LogP contribution is -2.21. The molecule has 0 fully saturated rings. The second kappa shape index (κ2) is 9.40. The van der Waals surface area contributed by atoms with Crippen molar-refractivity contribution >= 4 is 39.1 Å². The van der Waals surface area contributed by atoms with Crippen LogP contribution in [0.1, 0.15) is 16.2 Å². The summed E-state index contributed by atoms with van der Waals surface area (Å²) < 4.78 is 12.6. The van der Waals surface area contributed by atoms with E-state index in [0.717, 1.165) is 4.47 Å². The molecule has 0 radical (unpaired) electrons. The van der Waals surface area contributed by atoms with Gasteiger partial charge in [0.05, 0.1) is 31.3 Å². The molecule has 3 rings (SSSR count). The fraction of sp³-hybridized carbons (Fsp3) is 0.200. The molecule has 30 heavy (non-hydrogen) atoms. The minimum absolute atomic E-state index is 0.0874. The summed E-state index contributed by atoms with van der Waals surface area (Å²) in [7, 11) is 3.03. The van der Waals surface area contributed by atoms with Crippen LogP contribution >= 0.6 is 15.9 Å². The first-order chi connectivity index (χ1) is 14.4. The number of ether oxygens (including phenoxy) is 2. The summed E-state index contributed by atoms with van der Waals surface area (Å²) in [6, 6.07) is 12.3. The fourth-order valence-electron chi connectivity index (χ4n) is 2.70. The van der Waals surface area contributed by atoms with E-state index in [2.05, 4.69) is 36.9 Å². The van der Waals surface area contributed by atoms with E-state index < -0.39 is 5.91 Å². The maximum absolute atomic E-state index is 12.7. The van der Waals surface area contributed by atoms with Crippen molar-refractivity contribution in [2.24, 2.45) is 0 Å². The first kappa shape index (κ1) is 21.3. The lowest BCUT2D eigenvalue weighted by atomic mass is 10.2. The Bertz CT molecular complexity index is 1080. The standard InChI is InChI=1S/C20H20BrN5O4/c1-12-19(20(28)23-16-10-13(29-2)8-9-17(16)30-3)24-25-26(12)11-18(27)22-15-7-5-4-6-14(15)21/h4-10H,11H2,1-3H3,(H,22,27)(H,23,28). The van der Waals surface area contributed by atoms with Gasteiger partial charge in [0.1, 0.15) is 18.0 Å². The Balaban J connectivity index is 1.72. The van der Waals surface area contributed by atoms with E-state index in [0.29, 0.717) is 28.6 Å². The van der Waals surface area contributed by atoms with Crippen molar-refractivity contribution in [2.45, 2.75) is 13.5 Å². The SMILES string of the molecule is COc1ccc(OC)c(NC(=O)c2nnn(CC(=O)Nc3ccccc3Br)c2C)c1. The maximum atomic E-state index is 12.7. The highest BCUT2D eigenvalue weighted by molar-refractivity contribution is 9.10. The summed E-state index contributed by atoms with van der Waals surface area (Å²) in [6.45, 7) is 1.58. The van der Waals surface area contributed by atoms with Crippen molar-refractivity contribution in [2.75, 3.05) is 24.9 Å². The molecule has 10 heteroatoms. The fourth-order valence-corrected chi connectivity index (χ4v) is 3.09. The van der Waals surface area contributed by atoms with Crippen LogP contribution in [0.15, 0.2) is 46.9 Å². The smallest absolute Gasteiger partial charge is 0.278 e. The van der Waals surface area contributed by atoms with E-state index in [1.165, 1.54) is 18.9 Å². The number of para-hydroxylation sites is 1. The predicted molar refractivity (Wildman–Crippen MR) is 115 cm³/mol. The molecule has 2 N–H and O–H groups in total. The number of carbonyl (C=O) groups is 2. The molecule has 0 atom stereocenters. The number of amides is 2. The van der Waals surface area contributed by atoms with Crippen LogP contribution in [0.4, 0.5) is 11.4 Å². The third kappa shape index (κ3) is 4.77. The van der Waals surface area contributed by atoms with Crippen molar-refractivity contribution in [3.8, 4) is 11.5 Å². The number of nitrogens with one attached hydrogen (secondary N) is 2. The quantitative estimate of drug-likeness (QED) is 0.545. The van der Waals surface area contributed by atoms with E-state index >= 15 is 0 Å². The second-order valence-electron chi connectivity index (χ2n) is 6.23. The Morgan fingerprint density at radius 2 is 1.83 bits per heavy atom. The number of benzene rings is 2. The van der Waals surface area contributed by atoms with E-state index in [-0.39, 0.29) is 18.1 Å². The first-order valence-electron chi connectivity index (χ1n) is 8.90. The number of hydrogen-bond donors (Lipinski definition) is 2. The zero-order valence-corrected chi connectivity index (χ0v) is 18.2. The number of halogens is 1. The number of rotatable bonds is 7. The Kier molecular flexibility index (Phi) is 6.68. The molecule has 2 amide bonds. The van der Waals surface area contributed by atoms with Gasteiger partial charge in [0, 0.05) is 10.5 Å². The van der Waals surface area contributed by atoms with Gasteiger partial charge in [-0.2, -0.15) is 0 Å².